The maximum absolute atomic E-state index is 9.17. The van der Waals surface area contributed by atoms with E-state index in [1.165, 1.54) is 0 Å². The second-order valence-corrected chi connectivity index (χ2v) is 6.62. The van der Waals surface area contributed by atoms with Crippen LogP contribution in [-0.4, -0.2) is 37.0 Å². The Morgan fingerprint density at radius 2 is 1.78 bits per heavy atom. The van der Waals surface area contributed by atoms with Crippen molar-refractivity contribution in [2.75, 3.05) is 12.4 Å². The predicted octanol–water partition coefficient (Wildman–Crippen LogP) is 2.48. The van der Waals surface area contributed by atoms with Crippen molar-refractivity contribution in [1.29, 1.82) is 0 Å². The highest BCUT2D eigenvalue weighted by Crippen LogP contribution is 2.22. The Morgan fingerprint density at radius 1 is 1.04 bits per heavy atom. The molecule has 0 aliphatic heterocycles. The van der Waals surface area contributed by atoms with Crippen molar-refractivity contribution in [3.63, 3.8) is 0 Å². The second kappa shape index (κ2) is 7.26. The molecular formula is C18H17N6O2P. The molecule has 9 heteroatoms. The summed E-state index contributed by atoms with van der Waals surface area (Å²) >= 11 is 0. The summed E-state index contributed by atoms with van der Waals surface area (Å²) in [5, 5.41) is 17.0. The van der Waals surface area contributed by atoms with E-state index in [-0.39, 0.29) is 8.81 Å². The molecule has 0 radical (unpaired) electrons. The number of nitrogens with one attached hydrogen (secondary N) is 1. The van der Waals surface area contributed by atoms with Crippen molar-refractivity contribution in [2.24, 2.45) is 0 Å². The number of aromatic nitrogens is 5. The van der Waals surface area contributed by atoms with E-state index >= 15 is 0 Å². The molecule has 0 amide bonds. The first-order valence-corrected chi connectivity index (χ1v) is 9.14. The van der Waals surface area contributed by atoms with Gasteiger partial charge in [0.25, 0.3) is 0 Å². The van der Waals surface area contributed by atoms with E-state index in [9.17, 15) is 0 Å². The first-order chi connectivity index (χ1) is 13.2. The molecule has 0 aliphatic rings. The summed E-state index contributed by atoms with van der Waals surface area (Å²) in [6.45, 7) is 1.88. The molecule has 8 nitrogen and oxygen atoms in total. The lowest BCUT2D eigenvalue weighted by Crippen LogP contribution is -2.03. The lowest BCUT2D eigenvalue weighted by molar-refractivity contribution is 0.414. The van der Waals surface area contributed by atoms with Crippen LogP contribution in [-0.2, 0) is 0 Å². The summed E-state index contributed by atoms with van der Waals surface area (Å²) in [7, 11) is 1.40. The van der Waals surface area contributed by atoms with Crippen LogP contribution in [0.4, 0.5) is 11.6 Å². The molecule has 2 heterocycles. The van der Waals surface area contributed by atoms with Gasteiger partial charge >= 0.3 is 0 Å². The van der Waals surface area contributed by atoms with Gasteiger partial charge in [0.2, 0.25) is 5.95 Å². The molecule has 2 N–H and O–H groups in total. The summed E-state index contributed by atoms with van der Waals surface area (Å²) < 4.78 is 6.94. The lowest BCUT2D eigenvalue weighted by Gasteiger charge is -2.06. The molecule has 1 atom stereocenters. The molecule has 4 aromatic rings. The summed E-state index contributed by atoms with van der Waals surface area (Å²) in [4.78, 5) is 13.8. The zero-order chi connectivity index (χ0) is 18.8. The number of hydrogen-bond acceptors (Lipinski definition) is 7. The first-order valence-electron chi connectivity index (χ1n) is 8.19. The second-order valence-electron chi connectivity index (χ2n) is 5.82. The Hall–Kier alpha value is -3.09. The Labute approximate surface area is 157 Å². The van der Waals surface area contributed by atoms with Crippen LogP contribution >= 0.6 is 8.81 Å². The fraction of sp³-hybridized carbons (Fsp3) is 0.111. The van der Waals surface area contributed by atoms with E-state index in [1.807, 2.05) is 55.5 Å². The van der Waals surface area contributed by atoms with Crippen LogP contribution in [0.2, 0.25) is 0 Å². The van der Waals surface area contributed by atoms with E-state index in [4.69, 9.17) is 9.63 Å². The smallest absolute Gasteiger partial charge is 0.249 e. The Bertz CT molecular complexity index is 1080. The van der Waals surface area contributed by atoms with Gasteiger partial charge in [-0.25, -0.2) is 4.68 Å². The van der Waals surface area contributed by atoms with Gasteiger partial charge in [-0.15, -0.1) is 10.2 Å². The lowest BCUT2D eigenvalue weighted by atomic mass is 10.3. The minimum Gasteiger partial charge on any atom is -0.497 e. The zero-order valence-electron chi connectivity index (χ0n) is 14.7. The number of benzene rings is 2. The summed E-state index contributed by atoms with van der Waals surface area (Å²) in [6.07, 6.45) is 0. The quantitative estimate of drug-likeness (QED) is 0.513. The molecule has 0 aliphatic carbocycles. The normalized spacial score (nSPS) is 11.4. The number of ether oxygens (including phenoxy) is 1. The number of anilines is 2. The third kappa shape index (κ3) is 3.45. The van der Waals surface area contributed by atoms with Crippen molar-refractivity contribution in [3.05, 3.63) is 54.2 Å². The Morgan fingerprint density at radius 3 is 2.44 bits per heavy atom. The maximum Gasteiger partial charge on any atom is 0.249 e. The molecule has 2 aromatic heterocycles. The topological polar surface area (TPSA) is 98.0 Å². The van der Waals surface area contributed by atoms with E-state index in [2.05, 4.69) is 25.6 Å². The number of aryl methyl sites for hydroxylation is 1. The average Bonchev–Trinajstić information content (AvgIpc) is 3.04. The summed E-state index contributed by atoms with van der Waals surface area (Å²) in [6, 6.07) is 15.0. The van der Waals surface area contributed by atoms with Crippen molar-refractivity contribution >= 4 is 36.9 Å². The minimum atomic E-state index is -0.227. The van der Waals surface area contributed by atoms with E-state index in [0.717, 1.165) is 28.1 Å². The van der Waals surface area contributed by atoms with Crippen LogP contribution in [0.3, 0.4) is 0 Å². The summed E-state index contributed by atoms with van der Waals surface area (Å²) in [5.41, 5.74) is 3.68. The van der Waals surface area contributed by atoms with Gasteiger partial charge in [0.1, 0.15) is 5.75 Å². The van der Waals surface area contributed by atoms with Crippen molar-refractivity contribution < 1.29 is 9.63 Å². The molecule has 0 spiro atoms. The van der Waals surface area contributed by atoms with Crippen LogP contribution in [0.15, 0.2) is 48.5 Å². The van der Waals surface area contributed by atoms with Gasteiger partial charge in [0.15, 0.2) is 11.2 Å². The van der Waals surface area contributed by atoms with Crippen LogP contribution in [0.25, 0.3) is 16.9 Å². The molecule has 1 unspecified atom stereocenters. The zero-order valence-corrected chi connectivity index (χ0v) is 15.7. The average molecular weight is 380 g/mol. The van der Waals surface area contributed by atoms with Gasteiger partial charge in [0, 0.05) is 14.5 Å². The van der Waals surface area contributed by atoms with Gasteiger partial charge in [-0.2, -0.15) is 10.1 Å². The van der Waals surface area contributed by atoms with Crippen molar-refractivity contribution in [2.45, 2.75) is 6.92 Å². The fourth-order valence-electron chi connectivity index (χ4n) is 2.66. The third-order valence-electron chi connectivity index (χ3n) is 4.05. The summed E-state index contributed by atoms with van der Waals surface area (Å²) in [5.74, 6) is 1.14. The highest BCUT2D eigenvalue weighted by atomic mass is 31.1. The van der Waals surface area contributed by atoms with Crippen LogP contribution in [0.1, 0.15) is 5.69 Å². The molecule has 2 aromatic carbocycles. The molecule has 0 saturated carbocycles. The molecule has 0 saturated heterocycles. The van der Waals surface area contributed by atoms with Crippen LogP contribution < -0.4 is 15.4 Å². The van der Waals surface area contributed by atoms with E-state index in [0.29, 0.717) is 17.1 Å². The third-order valence-corrected chi connectivity index (χ3v) is 4.64. The van der Waals surface area contributed by atoms with Crippen molar-refractivity contribution in [3.8, 4) is 11.4 Å². The number of methoxy groups -OCH3 is 1. The number of rotatable bonds is 5. The highest BCUT2D eigenvalue weighted by Gasteiger charge is 2.14. The number of fused-ring (bicyclic) bond motifs is 1. The molecule has 4 rings (SSSR count). The molecule has 0 bridgehead atoms. The first kappa shape index (κ1) is 17.3. The number of nitrogens with zero attached hydrogens (tertiary/aromatic N) is 5. The van der Waals surface area contributed by atoms with Gasteiger partial charge < -0.3 is 14.9 Å². The number of hydrogen-bond donors (Lipinski definition) is 2. The largest absolute Gasteiger partial charge is 0.497 e. The van der Waals surface area contributed by atoms with Gasteiger partial charge in [-0.05, 0) is 48.6 Å². The van der Waals surface area contributed by atoms with Gasteiger partial charge in [-0.3, -0.25) is 0 Å². The molecule has 0 fully saturated rings. The maximum atomic E-state index is 9.17. The Balaban J connectivity index is 1.71. The predicted molar refractivity (Wildman–Crippen MR) is 106 cm³/mol. The Kier molecular flexibility index (Phi) is 4.66. The monoisotopic (exact) mass is 380 g/mol. The van der Waals surface area contributed by atoms with Crippen LogP contribution in [0, 0.1) is 6.92 Å². The molecule has 136 valence electrons. The SMILES string of the molecule is COc1ccc(-n2nc(C)c3nnc(Nc4ccc(PO)cc4)nc32)cc1. The van der Waals surface area contributed by atoms with E-state index in [1.54, 1.807) is 11.8 Å². The molecule has 27 heavy (non-hydrogen) atoms. The van der Waals surface area contributed by atoms with Gasteiger partial charge in [-0.1, -0.05) is 12.1 Å². The standard InChI is InChI=1S/C18H17N6O2P/c1-11-16-17(24(23-11)13-5-7-14(26-2)8-6-13)20-18(22-21-16)19-12-3-9-15(27-25)10-4-12/h3-10,25,27H,1-2H3,(H,19,20,22). The van der Waals surface area contributed by atoms with Crippen molar-refractivity contribution in [1.82, 2.24) is 25.0 Å². The van der Waals surface area contributed by atoms with Crippen LogP contribution in [0.5, 0.6) is 5.75 Å². The minimum absolute atomic E-state index is 0.227. The fourth-order valence-corrected chi connectivity index (χ4v) is 2.97. The molecular weight excluding hydrogens is 363 g/mol. The highest BCUT2D eigenvalue weighted by molar-refractivity contribution is 7.40. The van der Waals surface area contributed by atoms with E-state index < -0.39 is 0 Å². The van der Waals surface area contributed by atoms with Gasteiger partial charge in [0.05, 0.1) is 18.5 Å².